The number of aryl methyl sites for hydroxylation is 1. The third kappa shape index (κ3) is 2.70. The Hall–Kier alpha value is -1.39. The van der Waals surface area contributed by atoms with Crippen LogP contribution >= 0.6 is 0 Å². The minimum Gasteiger partial charge on any atom is -0.377 e. The zero-order valence-electron chi connectivity index (χ0n) is 12.9. The number of hydrogen-bond donors (Lipinski definition) is 1. The summed E-state index contributed by atoms with van der Waals surface area (Å²) in [6, 6.07) is 8.61. The molecule has 21 heavy (non-hydrogen) atoms. The molecule has 1 aromatic carbocycles. The van der Waals surface area contributed by atoms with Crippen LogP contribution in [0.25, 0.3) is 0 Å². The number of nitrogens with zero attached hydrogens (tertiary/aromatic N) is 1. The maximum Gasteiger partial charge on any atom is 0.229 e. The highest BCUT2D eigenvalue weighted by Crippen LogP contribution is 2.41. The van der Waals surface area contributed by atoms with E-state index in [1.54, 1.807) is 7.05 Å². The van der Waals surface area contributed by atoms with Crippen LogP contribution in [0, 0.1) is 12.3 Å². The summed E-state index contributed by atoms with van der Waals surface area (Å²) < 4.78 is 5.81. The topological polar surface area (TPSA) is 41.6 Å². The molecule has 0 aromatic heterocycles. The van der Waals surface area contributed by atoms with Crippen molar-refractivity contribution < 1.29 is 9.53 Å². The van der Waals surface area contributed by atoms with Crippen molar-refractivity contribution in [2.45, 2.75) is 32.4 Å². The second-order valence-electron chi connectivity index (χ2n) is 6.33. The molecule has 0 bridgehead atoms. The van der Waals surface area contributed by atoms with Gasteiger partial charge in [-0.2, -0.15) is 0 Å². The lowest BCUT2D eigenvalue weighted by molar-refractivity contribution is -0.139. The van der Waals surface area contributed by atoms with Gasteiger partial charge >= 0.3 is 0 Å². The zero-order chi connectivity index (χ0) is 14.9. The highest BCUT2D eigenvalue weighted by Gasteiger charge is 2.52. The fourth-order valence-electron chi connectivity index (χ4n) is 3.81. The van der Waals surface area contributed by atoms with Crippen molar-refractivity contribution in [3.8, 4) is 0 Å². The Morgan fingerprint density at radius 2 is 2.38 bits per heavy atom. The molecule has 3 rings (SSSR count). The van der Waals surface area contributed by atoms with Gasteiger partial charge in [-0.1, -0.05) is 29.8 Å². The van der Waals surface area contributed by atoms with Crippen molar-refractivity contribution in [2.75, 3.05) is 26.7 Å². The van der Waals surface area contributed by atoms with Crippen molar-refractivity contribution in [1.29, 1.82) is 0 Å². The molecule has 0 saturated carbocycles. The lowest BCUT2D eigenvalue weighted by Crippen LogP contribution is -2.56. The van der Waals surface area contributed by atoms with Gasteiger partial charge in [0.2, 0.25) is 5.91 Å². The summed E-state index contributed by atoms with van der Waals surface area (Å²) in [7, 11) is 1.73. The smallest absolute Gasteiger partial charge is 0.229 e. The number of ether oxygens (including phenoxy) is 1. The van der Waals surface area contributed by atoms with Crippen LogP contribution in [0.4, 0.5) is 0 Å². The minimum absolute atomic E-state index is 0.0891. The fraction of sp³-hybridized carbons (Fsp3) is 0.588. The second-order valence-corrected chi connectivity index (χ2v) is 6.33. The van der Waals surface area contributed by atoms with Gasteiger partial charge in [0.1, 0.15) is 0 Å². The van der Waals surface area contributed by atoms with Crippen molar-refractivity contribution in [3.63, 3.8) is 0 Å². The molecule has 0 spiro atoms. The number of benzene rings is 1. The molecule has 0 aliphatic carbocycles. The Morgan fingerprint density at radius 3 is 3.14 bits per heavy atom. The number of rotatable bonds is 3. The van der Waals surface area contributed by atoms with Gasteiger partial charge in [0.25, 0.3) is 0 Å². The van der Waals surface area contributed by atoms with Crippen LogP contribution in [-0.4, -0.2) is 43.7 Å². The molecule has 2 aliphatic rings. The van der Waals surface area contributed by atoms with Crippen LogP contribution in [0.15, 0.2) is 24.3 Å². The zero-order valence-corrected chi connectivity index (χ0v) is 12.9. The Kier molecular flexibility index (Phi) is 4.00. The fourth-order valence-corrected chi connectivity index (χ4v) is 3.81. The number of carbonyl (C=O) groups is 1. The van der Waals surface area contributed by atoms with Gasteiger partial charge in [0, 0.05) is 33.3 Å². The van der Waals surface area contributed by atoms with E-state index in [4.69, 9.17) is 4.74 Å². The van der Waals surface area contributed by atoms with Gasteiger partial charge < -0.3 is 10.1 Å². The molecule has 2 fully saturated rings. The number of hydrogen-bond acceptors (Lipinski definition) is 3. The first-order valence-electron chi connectivity index (χ1n) is 7.76. The summed E-state index contributed by atoms with van der Waals surface area (Å²) >= 11 is 0. The SMILES string of the molecule is CNC(=O)[C@@]12CCO[C@@H]1CCN(Cc1cccc(C)c1)C2. The van der Waals surface area contributed by atoms with Gasteiger partial charge in [-0.25, -0.2) is 0 Å². The van der Waals surface area contributed by atoms with Gasteiger partial charge in [-0.3, -0.25) is 9.69 Å². The summed E-state index contributed by atoms with van der Waals surface area (Å²) in [6.45, 7) is 5.53. The maximum atomic E-state index is 12.4. The molecule has 2 heterocycles. The summed E-state index contributed by atoms with van der Waals surface area (Å²) in [6.07, 6.45) is 1.87. The van der Waals surface area contributed by atoms with E-state index in [9.17, 15) is 4.79 Å². The van der Waals surface area contributed by atoms with E-state index in [-0.39, 0.29) is 17.4 Å². The van der Waals surface area contributed by atoms with E-state index in [2.05, 4.69) is 41.4 Å². The highest BCUT2D eigenvalue weighted by molar-refractivity contribution is 5.83. The number of carbonyl (C=O) groups excluding carboxylic acids is 1. The summed E-state index contributed by atoms with van der Waals surface area (Å²) in [5, 5.41) is 2.84. The lowest BCUT2D eigenvalue weighted by atomic mass is 9.75. The number of nitrogens with one attached hydrogen (secondary N) is 1. The molecule has 2 atom stereocenters. The Balaban J connectivity index is 1.75. The third-order valence-corrected chi connectivity index (χ3v) is 4.86. The number of piperidine rings is 1. The second kappa shape index (κ2) is 5.78. The van der Waals surface area contributed by atoms with E-state index in [0.29, 0.717) is 6.61 Å². The normalized spacial score (nSPS) is 29.1. The lowest BCUT2D eigenvalue weighted by Gasteiger charge is -2.42. The number of amides is 1. The Bertz CT molecular complexity index is 531. The molecule has 0 radical (unpaired) electrons. The van der Waals surface area contributed by atoms with E-state index in [1.165, 1.54) is 11.1 Å². The van der Waals surface area contributed by atoms with Crippen molar-refractivity contribution >= 4 is 5.91 Å². The Labute approximate surface area is 126 Å². The molecule has 2 aliphatic heterocycles. The molecule has 0 unspecified atom stereocenters. The molecule has 1 aromatic rings. The van der Waals surface area contributed by atoms with Gasteiger partial charge in [0.05, 0.1) is 11.5 Å². The minimum atomic E-state index is -0.350. The van der Waals surface area contributed by atoms with Crippen molar-refractivity contribution in [1.82, 2.24) is 10.2 Å². The van der Waals surface area contributed by atoms with Crippen LogP contribution in [0.3, 0.4) is 0 Å². The van der Waals surface area contributed by atoms with Crippen LogP contribution in [0.1, 0.15) is 24.0 Å². The van der Waals surface area contributed by atoms with Gasteiger partial charge in [-0.15, -0.1) is 0 Å². The highest BCUT2D eigenvalue weighted by atomic mass is 16.5. The molecule has 1 N–H and O–H groups in total. The van der Waals surface area contributed by atoms with Gasteiger partial charge in [0.15, 0.2) is 0 Å². The van der Waals surface area contributed by atoms with Crippen LogP contribution in [-0.2, 0) is 16.1 Å². The molecule has 1 amide bonds. The average Bonchev–Trinajstić information content (AvgIpc) is 2.90. The quantitative estimate of drug-likeness (QED) is 0.921. The summed E-state index contributed by atoms with van der Waals surface area (Å²) in [4.78, 5) is 14.8. The maximum absolute atomic E-state index is 12.4. The van der Waals surface area contributed by atoms with Crippen molar-refractivity contribution in [3.05, 3.63) is 35.4 Å². The number of likely N-dealkylation sites (tertiary alicyclic amines) is 1. The van der Waals surface area contributed by atoms with E-state index in [0.717, 1.165) is 32.5 Å². The van der Waals surface area contributed by atoms with Crippen molar-refractivity contribution in [2.24, 2.45) is 5.41 Å². The standard InChI is InChI=1S/C17H24N2O2/c1-13-4-3-5-14(10-13)11-19-8-6-15-17(12-19,7-9-21-15)16(20)18-2/h3-5,10,15H,6-9,11-12H2,1-2H3,(H,18,20)/t15-,17-/m1/s1. The first-order chi connectivity index (χ1) is 10.1. The van der Waals surface area contributed by atoms with E-state index in [1.807, 2.05) is 0 Å². The van der Waals surface area contributed by atoms with Crippen LogP contribution in [0.5, 0.6) is 0 Å². The largest absolute Gasteiger partial charge is 0.377 e. The molecular weight excluding hydrogens is 264 g/mol. The molecule has 4 heteroatoms. The molecule has 114 valence electrons. The van der Waals surface area contributed by atoms with Crippen LogP contribution in [0.2, 0.25) is 0 Å². The van der Waals surface area contributed by atoms with Gasteiger partial charge in [-0.05, 0) is 25.3 Å². The predicted octanol–water partition coefficient (Wildman–Crippen LogP) is 1.72. The first kappa shape index (κ1) is 14.5. The first-order valence-corrected chi connectivity index (χ1v) is 7.76. The molecule has 4 nitrogen and oxygen atoms in total. The summed E-state index contributed by atoms with van der Waals surface area (Å²) in [5.41, 5.74) is 2.25. The molecule has 2 saturated heterocycles. The third-order valence-electron chi connectivity index (χ3n) is 4.86. The van der Waals surface area contributed by atoms with Crippen LogP contribution < -0.4 is 5.32 Å². The molecular formula is C17H24N2O2. The Morgan fingerprint density at radius 1 is 1.52 bits per heavy atom. The number of fused-ring (bicyclic) bond motifs is 1. The predicted molar refractivity (Wildman–Crippen MR) is 81.9 cm³/mol. The summed E-state index contributed by atoms with van der Waals surface area (Å²) in [5.74, 6) is 0.138. The monoisotopic (exact) mass is 288 g/mol. The van der Waals surface area contributed by atoms with E-state index < -0.39 is 0 Å². The van der Waals surface area contributed by atoms with E-state index >= 15 is 0 Å². The average molecular weight is 288 g/mol.